The lowest BCUT2D eigenvalue weighted by molar-refractivity contribution is -0.127. The highest BCUT2D eigenvalue weighted by Gasteiger charge is 2.18. The Morgan fingerprint density at radius 1 is 1.50 bits per heavy atom. The Bertz CT molecular complexity index is 89.7. The highest BCUT2D eigenvalue weighted by Crippen LogP contribution is 1.97. The Hall–Kier alpha value is -0.450. The number of carbonyl (C=O) groups excluding carboxylic acids is 1. The molecule has 10 heavy (non-hydrogen) atoms. The third kappa shape index (κ3) is 2.43. The molecule has 0 aliphatic carbocycles. The van der Waals surface area contributed by atoms with E-state index in [9.17, 15) is 4.79 Å². The maximum atomic E-state index is 10.2. The zero-order valence-corrected chi connectivity index (χ0v) is 6.11. The van der Waals surface area contributed by atoms with Crippen molar-refractivity contribution in [2.45, 2.75) is 12.2 Å². The van der Waals surface area contributed by atoms with Gasteiger partial charge in [0.15, 0.2) is 6.29 Å². The summed E-state index contributed by atoms with van der Waals surface area (Å²) >= 11 is 0. The van der Waals surface area contributed by atoms with Gasteiger partial charge < -0.3 is 19.4 Å². The van der Waals surface area contributed by atoms with Crippen LogP contribution in [0.2, 0.25) is 0 Å². The predicted molar refractivity (Wildman–Crippen MR) is 34.7 cm³/mol. The molecule has 60 valence electrons. The van der Waals surface area contributed by atoms with E-state index in [0.717, 1.165) is 0 Å². The van der Waals surface area contributed by atoms with E-state index in [1.807, 2.05) is 0 Å². The number of hydrogen-bond donors (Lipinski definition) is 1. The maximum absolute atomic E-state index is 10.2. The lowest BCUT2D eigenvalue weighted by atomic mass is 10.2. The first-order valence-electron chi connectivity index (χ1n) is 2.91. The Kier molecular flexibility index (Phi) is 5.10. The van der Waals surface area contributed by atoms with E-state index in [1.165, 1.54) is 14.2 Å². The van der Waals surface area contributed by atoms with Crippen LogP contribution in [0.4, 0.5) is 0 Å². The maximum Gasteiger partial charge on any atom is 0.151 e. The summed E-state index contributed by atoms with van der Waals surface area (Å²) in [6.45, 7) is -0.215. The fourth-order valence-electron chi connectivity index (χ4n) is 0.608. The molecule has 0 spiro atoms. The first kappa shape index (κ1) is 9.55. The molecule has 0 amide bonds. The summed E-state index contributed by atoms with van der Waals surface area (Å²) in [5.41, 5.74) is 0. The molecule has 0 radical (unpaired) electrons. The molecule has 0 aliphatic rings. The number of methoxy groups -OCH3 is 2. The van der Waals surface area contributed by atoms with Gasteiger partial charge in [0.1, 0.15) is 12.2 Å². The first-order valence-corrected chi connectivity index (χ1v) is 2.91. The minimum absolute atomic E-state index is 0.215. The second-order valence-electron chi connectivity index (χ2n) is 1.79. The fraction of sp³-hybridized carbons (Fsp3) is 0.833. The molecular formula is C6H12O4. The molecule has 0 aromatic carbocycles. The van der Waals surface area contributed by atoms with Crippen LogP contribution in [0.1, 0.15) is 0 Å². The van der Waals surface area contributed by atoms with E-state index >= 15 is 0 Å². The predicted octanol–water partition coefficient (Wildman–Crippen LogP) is -0.792. The van der Waals surface area contributed by atoms with Gasteiger partial charge in [-0.2, -0.15) is 0 Å². The molecule has 0 rings (SSSR count). The quantitative estimate of drug-likeness (QED) is 0.519. The minimum Gasteiger partial charge on any atom is -0.394 e. The smallest absolute Gasteiger partial charge is 0.151 e. The molecule has 0 aromatic rings. The van der Waals surface area contributed by atoms with Crippen LogP contribution in [0, 0.1) is 0 Å². The standard InChI is InChI=1S/C6H12O4/c1-9-5(3-7)6(4-8)10-2/h3,5-6,8H,4H2,1-2H3/t5-,6+/m0/s1. The largest absolute Gasteiger partial charge is 0.394 e. The molecule has 0 saturated carbocycles. The van der Waals surface area contributed by atoms with Gasteiger partial charge in [0.2, 0.25) is 0 Å². The molecule has 4 nitrogen and oxygen atoms in total. The van der Waals surface area contributed by atoms with Crippen molar-refractivity contribution in [3.05, 3.63) is 0 Å². The molecule has 0 aromatic heterocycles. The zero-order chi connectivity index (χ0) is 7.98. The number of aldehydes is 1. The molecule has 2 atom stereocenters. The van der Waals surface area contributed by atoms with Gasteiger partial charge in [0.05, 0.1) is 6.61 Å². The summed E-state index contributed by atoms with van der Waals surface area (Å²) in [5, 5.41) is 8.59. The van der Waals surface area contributed by atoms with Crippen molar-refractivity contribution in [3.8, 4) is 0 Å². The molecular weight excluding hydrogens is 136 g/mol. The average molecular weight is 148 g/mol. The van der Waals surface area contributed by atoms with Gasteiger partial charge >= 0.3 is 0 Å². The SMILES string of the molecule is CO[C@@H](C=O)[C@@H](CO)OC. The number of rotatable bonds is 5. The van der Waals surface area contributed by atoms with Crippen LogP contribution in [0.3, 0.4) is 0 Å². The number of carbonyl (C=O) groups is 1. The summed E-state index contributed by atoms with van der Waals surface area (Å²) in [4.78, 5) is 10.2. The molecule has 0 heterocycles. The summed E-state index contributed by atoms with van der Waals surface area (Å²) in [5.74, 6) is 0. The Morgan fingerprint density at radius 3 is 2.20 bits per heavy atom. The molecule has 0 aliphatic heterocycles. The van der Waals surface area contributed by atoms with Crippen molar-refractivity contribution in [2.75, 3.05) is 20.8 Å². The second-order valence-corrected chi connectivity index (χ2v) is 1.79. The summed E-state index contributed by atoms with van der Waals surface area (Å²) in [6, 6.07) is 0. The lowest BCUT2D eigenvalue weighted by Gasteiger charge is -2.16. The summed E-state index contributed by atoms with van der Waals surface area (Å²) in [7, 11) is 2.80. The van der Waals surface area contributed by atoms with Gasteiger partial charge in [-0.1, -0.05) is 0 Å². The van der Waals surface area contributed by atoms with Crippen LogP contribution in [-0.2, 0) is 14.3 Å². The molecule has 0 fully saturated rings. The van der Waals surface area contributed by atoms with E-state index in [1.54, 1.807) is 0 Å². The van der Waals surface area contributed by atoms with Gasteiger partial charge in [-0.3, -0.25) is 0 Å². The Labute approximate surface area is 59.7 Å². The van der Waals surface area contributed by atoms with Crippen molar-refractivity contribution in [2.24, 2.45) is 0 Å². The third-order valence-electron chi connectivity index (χ3n) is 1.26. The Morgan fingerprint density at radius 2 is 2.10 bits per heavy atom. The van der Waals surface area contributed by atoms with Crippen LogP contribution < -0.4 is 0 Å². The van der Waals surface area contributed by atoms with Gasteiger partial charge in [0.25, 0.3) is 0 Å². The Balaban J connectivity index is 3.81. The highest BCUT2D eigenvalue weighted by atomic mass is 16.5. The van der Waals surface area contributed by atoms with Crippen molar-refractivity contribution >= 4 is 6.29 Å². The second kappa shape index (κ2) is 5.34. The number of aliphatic hydroxyl groups is 1. The first-order chi connectivity index (χ1) is 4.79. The van der Waals surface area contributed by atoms with E-state index in [-0.39, 0.29) is 6.61 Å². The number of hydrogen-bond acceptors (Lipinski definition) is 4. The van der Waals surface area contributed by atoms with Crippen molar-refractivity contribution in [1.29, 1.82) is 0 Å². The van der Waals surface area contributed by atoms with Crippen molar-refractivity contribution in [1.82, 2.24) is 0 Å². The minimum atomic E-state index is -0.671. The van der Waals surface area contributed by atoms with E-state index in [2.05, 4.69) is 0 Å². The van der Waals surface area contributed by atoms with Gasteiger partial charge in [0, 0.05) is 14.2 Å². The lowest BCUT2D eigenvalue weighted by Crippen LogP contribution is -2.34. The highest BCUT2D eigenvalue weighted by molar-refractivity contribution is 5.57. The molecule has 4 heteroatoms. The van der Waals surface area contributed by atoms with Crippen LogP contribution in [-0.4, -0.2) is 44.4 Å². The van der Waals surface area contributed by atoms with Crippen LogP contribution >= 0.6 is 0 Å². The number of ether oxygens (including phenoxy) is 2. The van der Waals surface area contributed by atoms with Gasteiger partial charge in [-0.25, -0.2) is 0 Å². The van der Waals surface area contributed by atoms with Crippen LogP contribution in [0.5, 0.6) is 0 Å². The van der Waals surface area contributed by atoms with Crippen molar-refractivity contribution < 1.29 is 19.4 Å². The van der Waals surface area contributed by atoms with E-state index in [0.29, 0.717) is 6.29 Å². The average Bonchev–Trinajstić information content (AvgIpc) is 2.00. The van der Waals surface area contributed by atoms with Crippen LogP contribution in [0.15, 0.2) is 0 Å². The monoisotopic (exact) mass is 148 g/mol. The summed E-state index contributed by atoms with van der Waals surface area (Å²) < 4.78 is 9.43. The third-order valence-corrected chi connectivity index (χ3v) is 1.26. The molecule has 0 saturated heterocycles. The van der Waals surface area contributed by atoms with Gasteiger partial charge in [-0.15, -0.1) is 0 Å². The van der Waals surface area contributed by atoms with Crippen LogP contribution in [0.25, 0.3) is 0 Å². The summed E-state index contributed by atoms with van der Waals surface area (Å²) in [6.07, 6.45) is -0.623. The van der Waals surface area contributed by atoms with Gasteiger partial charge in [-0.05, 0) is 0 Å². The number of aliphatic hydroxyl groups excluding tert-OH is 1. The molecule has 0 unspecified atom stereocenters. The molecule has 0 bridgehead atoms. The van der Waals surface area contributed by atoms with E-state index in [4.69, 9.17) is 14.6 Å². The van der Waals surface area contributed by atoms with Crippen molar-refractivity contribution in [3.63, 3.8) is 0 Å². The normalized spacial score (nSPS) is 16.3. The van der Waals surface area contributed by atoms with E-state index < -0.39 is 12.2 Å². The topological polar surface area (TPSA) is 55.8 Å². The molecule has 1 N–H and O–H groups in total. The zero-order valence-electron chi connectivity index (χ0n) is 6.11. The fourth-order valence-corrected chi connectivity index (χ4v) is 0.608.